The molecule has 0 bridgehead atoms. The van der Waals surface area contributed by atoms with Crippen LogP contribution in [0.3, 0.4) is 0 Å². The quantitative estimate of drug-likeness (QED) is 0.617. The molecule has 8 heteroatoms. The number of aromatic nitrogens is 1. The zero-order valence-corrected chi connectivity index (χ0v) is 14.1. The lowest BCUT2D eigenvalue weighted by atomic mass is 10.1. The van der Waals surface area contributed by atoms with E-state index < -0.39 is 6.04 Å². The van der Waals surface area contributed by atoms with Crippen molar-refractivity contribution >= 4 is 23.4 Å². The summed E-state index contributed by atoms with van der Waals surface area (Å²) in [7, 11) is 0. The Morgan fingerprint density at radius 1 is 1.19 bits per heavy atom. The van der Waals surface area contributed by atoms with E-state index in [1.807, 2.05) is 6.07 Å². The van der Waals surface area contributed by atoms with Crippen LogP contribution in [0, 0.1) is 0 Å². The van der Waals surface area contributed by atoms with Gasteiger partial charge in [-0.3, -0.25) is 14.4 Å². The van der Waals surface area contributed by atoms with Crippen molar-refractivity contribution < 1.29 is 14.4 Å². The number of H-pyrrole nitrogens is 1. The maximum atomic E-state index is 12.6. The third-order valence-electron chi connectivity index (χ3n) is 4.34. The van der Waals surface area contributed by atoms with Crippen molar-refractivity contribution in [1.29, 1.82) is 0 Å². The molecule has 8 nitrogen and oxygen atoms in total. The first-order chi connectivity index (χ1) is 12.6. The first kappa shape index (κ1) is 17.7. The van der Waals surface area contributed by atoms with Crippen LogP contribution in [0.25, 0.3) is 0 Å². The van der Waals surface area contributed by atoms with E-state index in [1.165, 1.54) is 4.90 Å². The van der Waals surface area contributed by atoms with Gasteiger partial charge in [0.25, 0.3) is 5.91 Å². The van der Waals surface area contributed by atoms with Crippen LogP contribution in [0.1, 0.15) is 16.8 Å². The topological polar surface area (TPSA) is 120 Å². The lowest BCUT2D eigenvalue weighted by Gasteiger charge is -2.22. The van der Waals surface area contributed by atoms with E-state index in [1.54, 1.807) is 42.7 Å². The van der Waals surface area contributed by atoms with Gasteiger partial charge in [0.15, 0.2) is 0 Å². The second-order valence-electron chi connectivity index (χ2n) is 6.13. The molecule has 0 saturated carbocycles. The SMILES string of the molecule is NCC(=O)N1C[C@H](NC(=O)c2ccccc2)C[C@H]1C(=O)Nc1cc[nH]c1. The van der Waals surface area contributed by atoms with Crippen molar-refractivity contribution in [1.82, 2.24) is 15.2 Å². The number of aromatic amines is 1. The molecule has 0 radical (unpaired) electrons. The predicted octanol–water partition coefficient (Wildman–Crippen LogP) is 0.311. The molecule has 1 aliphatic rings. The molecule has 0 aliphatic carbocycles. The second kappa shape index (κ2) is 7.83. The number of likely N-dealkylation sites (tertiary alicyclic amines) is 1. The lowest BCUT2D eigenvalue weighted by molar-refractivity contribution is -0.135. The van der Waals surface area contributed by atoms with E-state index in [4.69, 9.17) is 5.73 Å². The van der Waals surface area contributed by atoms with Gasteiger partial charge in [-0.1, -0.05) is 18.2 Å². The number of rotatable bonds is 5. The molecule has 136 valence electrons. The van der Waals surface area contributed by atoms with E-state index in [2.05, 4.69) is 15.6 Å². The fourth-order valence-electron chi connectivity index (χ4n) is 3.07. The molecule has 3 amide bonds. The number of nitrogens with one attached hydrogen (secondary N) is 3. The highest BCUT2D eigenvalue weighted by atomic mass is 16.2. The molecule has 5 N–H and O–H groups in total. The highest BCUT2D eigenvalue weighted by molar-refractivity contribution is 5.98. The predicted molar refractivity (Wildman–Crippen MR) is 96.3 cm³/mol. The number of benzene rings is 1. The van der Waals surface area contributed by atoms with Crippen LogP contribution in [-0.2, 0) is 9.59 Å². The van der Waals surface area contributed by atoms with Crippen LogP contribution >= 0.6 is 0 Å². The van der Waals surface area contributed by atoms with Gasteiger partial charge >= 0.3 is 0 Å². The highest BCUT2D eigenvalue weighted by Gasteiger charge is 2.39. The summed E-state index contributed by atoms with van der Waals surface area (Å²) >= 11 is 0. The van der Waals surface area contributed by atoms with E-state index in [9.17, 15) is 14.4 Å². The van der Waals surface area contributed by atoms with Crippen molar-refractivity contribution in [2.45, 2.75) is 18.5 Å². The van der Waals surface area contributed by atoms with E-state index >= 15 is 0 Å². The molecular formula is C18H21N5O3. The third kappa shape index (κ3) is 3.92. The maximum Gasteiger partial charge on any atom is 0.251 e. The summed E-state index contributed by atoms with van der Waals surface area (Å²) in [5, 5.41) is 5.65. The largest absolute Gasteiger partial charge is 0.366 e. The van der Waals surface area contributed by atoms with Crippen LogP contribution in [0.15, 0.2) is 48.8 Å². The van der Waals surface area contributed by atoms with Crippen molar-refractivity contribution in [3.63, 3.8) is 0 Å². The molecule has 1 aliphatic heterocycles. The van der Waals surface area contributed by atoms with Gasteiger partial charge in [0, 0.05) is 30.5 Å². The summed E-state index contributed by atoms with van der Waals surface area (Å²) in [4.78, 5) is 41.3. The number of carbonyl (C=O) groups is 3. The van der Waals surface area contributed by atoms with Gasteiger partial charge < -0.3 is 26.3 Å². The Bertz CT molecular complexity index is 775. The Hall–Kier alpha value is -3.13. The average Bonchev–Trinajstić information content (AvgIpc) is 3.31. The maximum absolute atomic E-state index is 12.6. The molecule has 26 heavy (non-hydrogen) atoms. The molecular weight excluding hydrogens is 334 g/mol. The minimum Gasteiger partial charge on any atom is -0.366 e. The molecule has 3 rings (SSSR count). The van der Waals surface area contributed by atoms with Crippen LogP contribution in [-0.4, -0.2) is 52.8 Å². The summed E-state index contributed by atoms with van der Waals surface area (Å²) in [6.07, 6.45) is 3.67. The average molecular weight is 355 g/mol. The summed E-state index contributed by atoms with van der Waals surface area (Å²) in [5.41, 5.74) is 6.62. The Kier molecular flexibility index (Phi) is 5.33. The van der Waals surface area contributed by atoms with Gasteiger partial charge in [-0.25, -0.2) is 0 Å². The Labute approximate surface area is 150 Å². The fraction of sp³-hybridized carbons (Fsp3) is 0.278. The van der Waals surface area contributed by atoms with Crippen molar-refractivity contribution in [3.8, 4) is 0 Å². The Morgan fingerprint density at radius 2 is 1.96 bits per heavy atom. The highest BCUT2D eigenvalue weighted by Crippen LogP contribution is 2.20. The van der Waals surface area contributed by atoms with Crippen LogP contribution in [0.5, 0.6) is 0 Å². The first-order valence-corrected chi connectivity index (χ1v) is 8.37. The fourth-order valence-corrected chi connectivity index (χ4v) is 3.07. The molecule has 1 aromatic carbocycles. The first-order valence-electron chi connectivity index (χ1n) is 8.37. The molecule has 1 aromatic heterocycles. The van der Waals surface area contributed by atoms with Gasteiger partial charge in [0.2, 0.25) is 11.8 Å². The number of hydrogen-bond acceptors (Lipinski definition) is 4. The number of carbonyl (C=O) groups excluding carboxylic acids is 3. The third-order valence-corrected chi connectivity index (χ3v) is 4.34. The van der Waals surface area contributed by atoms with Gasteiger partial charge in [-0.2, -0.15) is 0 Å². The molecule has 2 heterocycles. The van der Waals surface area contributed by atoms with Crippen LogP contribution in [0.2, 0.25) is 0 Å². The minimum atomic E-state index is -0.679. The Balaban J connectivity index is 1.69. The molecule has 0 spiro atoms. The lowest BCUT2D eigenvalue weighted by Crippen LogP contribution is -2.46. The number of nitrogens with zero attached hydrogens (tertiary/aromatic N) is 1. The smallest absolute Gasteiger partial charge is 0.251 e. The zero-order valence-electron chi connectivity index (χ0n) is 14.1. The zero-order chi connectivity index (χ0) is 18.5. The molecule has 1 fully saturated rings. The van der Waals surface area contributed by atoms with Gasteiger partial charge in [-0.05, 0) is 24.6 Å². The van der Waals surface area contributed by atoms with Gasteiger partial charge in [0.1, 0.15) is 6.04 Å². The molecule has 0 unspecified atom stereocenters. The Morgan fingerprint density at radius 3 is 2.62 bits per heavy atom. The minimum absolute atomic E-state index is 0.187. The summed E-state index contributed by atoms with van der Waals surface area (Å²) in [6, 6.07) is 9.53. The number of amides is 3. The van der Waals surface area contributed by atoms with Crippen molar-refractivity contribution in [2.75, 3.05) is 18.4 Å². The summed E-state index contributed by atoms with van der Waals surface area (Å²) in [6.45, 7) is 0.0626. The molecule has 2 aromatic rings. The second-order valence-corrected chi connectivity index (χ2v) is 6.13. The molecule has 1 saturated heterocycles. The van der Waals surface area contributed by atoms with Gasteiger partial charge in [-0.15, -0.1) is 0 Å². The van der Waals surface area contributed by atoms with E-state index in [-0.39, 0.29) is 36.9 Å². The van der Waals surface area contributed by atoms with Crippen molar-refractivity contribution in [3.05, 3.63) is 54.4 Å². The van der Waals surface area contributed by atoms with Crippen LogP contribution in [0.4, 0.5) is 5.69 Å². The monoisotopic (exact) mass is 355 g/mol. The summed E-state index contributed by atoms with van der Waals surface area (Å²) in [5.74, 6) is -0.860. The summed E-state index contributed by atoms with van der Waals surface area (Å²) < 4.78 is 0. The number of hydrogen-bond donors (Lipinski definition) is 4. The van der Waals surface area contributed by atoms with E-state index in [0.717, 1.165) is 0 Å². The number of anilines is 1. The van der Waals surface area contributed by atoms with Gasteiger partial charge in [0.05, 0.1) is 12.2 Å². The van der Waals surface area contributed by atoms with Crippen LogP contribution < -0.4 is 16.4 Å². The standard InChI is InChI=1S/C18H21N5O3/c19-9-16(24)23-11-14(22-17(25)12-4-2-1-3-5-12)8-15(23)18(26)21-13-6-7-20-10-13/h1-7,10,14-15,20H,8-9,11,19H2,(H,21,26)(H,22,25)/t14-,15+/m1/s1. The van der Waals surface area contributed by atoms with E-state index in [0.29, 0.717) is 17.7 Å². The van der Waals surface area contributed by atoms with Crippen molar-refractivity contribution in [2.24, 2.45) is 5.73 Å². The molecule has 2 atom stereocenters. The number of nitrogens with two attached hydrogens (primary N) is 1. The normalized spacial score (nSPS) is 19.2.